The Hall–Kier alpha value is -1.72. The Balaban J connectivity index is 2.14. The van der Waals surface area contributed by atoms with Gasteiger partial charge in [0.1, 0.15) is 17.3 Å². The summed E-state index contributed by atoms with van der Waals surface area (Å²) < 4.78 is 5.25. The lowest BCUT2D eigenvalue weighted by Gasteiger charge is -2.31. The van der Waals surface area contributed by atoms with Gasteiger partial charge in [-0.25, -0.2) is 9.80 Å². The van der Waals surface area contributed by atoms with Gasteiger partial charge >= 0.3 is 6.09 Å². The van der Waals surface area contributed by atoms with Crippen molar-refractivity contribution in [2.24, 2.45) is 16.9 Å². The van der Waals surface area contributed by atoms with E-state index in [4.69, 9.17) is 4.74 Å². The molecule has 1 atom stereocenters. The van der Waals surface area contributed by atoms with Crippen LogP contribution >= 0.6 is 0 Å². The first-order chi connectivity index (χ1) is 10.7. The molecule has 0 aromatic rings. The molecule has 1 unspecified atom stereocenters. The summed E-state index contributed by atoms with van der Waals surface area (Å²) >= 11 is 0. The third kappa shape index (κ3) is 4.39. The van der Waals surface area contributed by atoms with Crippen LogP contribution in [0.4, 0.5) is 4.79 Å². The fourth-order valence-corrected chi connectivity index (χ4v) is 2.84. The highest BCUT2D eigenvalue weighted by molar-refractivity contribution is 6.22. The molecule has 6 nitrogen and oxygen atoms in total. The quantitative estimate of drug-likeness (QED) is 0.591. The number of ether oxygens (including phenoxy) is 1. The molecule has 2 fully saturated rings. The van der Waals surface area contributed by atoms with Crippen molar-refractivity contribution in [3.8, 4) is 0 Å². The zero-order valence-electron chi connectivity index (χ0n) is 14.4. The summed E-state index contributed by atoms with van der Waals surface area (Å²) in [6, 6.07) is 0. The van der Waals surface area contributed by atoms with Gasteiger partial charge in [-0.15, -0.1) is 0 Å². The fourth-order valence-electron chi connectivity index (χ4n) is 2.84. The molecule has 128 valence electrons. The van der Waals surface area contributed by atoms with Crippen LogP contribution < -0.4 is 0 Å². The van der Waals surface area contributed by atoms with Gasteiger partial charge in [0, 0.05) is 19.4 Å². The van der Waals surface area contributed by atoms with E-state index in [0.717, 1.165) is 24.3 Å². The summed E-state index contributed by atoms with van der Waals surface area (Å²) in [6.45, 7) is 5.33. The van der Waals surface area contributed by atoms with E-state index in [1.807, 2.05) is 0 Å². The van der Waals surface area contributed by atoms with Crippen LogP contribution in [0.2, 0.25) is 0 Å². The van der Waals surface area contributed by atoms with E-state index >= 15 is 0 Å². The number of hydrazone groups is 1. The Kier molecular flexibility index (Phi) is 5.22. The van der Waals surface area contributed by atoms with Crippen molar-refractivity contribution in [1.82, 2.24) is 5.01 Å². The van der Waals surface area contributed by atoms with Crippen LogP contribution in [0, 0.1) is 11.8 Å². The van der Waals surface area contributed by atoms with E-state index < -0.39 is 17.6 Å². The molecule has 1 amide bonds. The summed E-state index contributed by atoms with van der Waals surface area (Å²) in [5, 5.41) is 5.35. The van der Waals surface area contributed by atoms with Crippen molar-refractivity contribution in [2.75, 3.05) is 7.05 Å². The number of carbonyl (C=O) groups excluding carboxylic acids is 3. The van der Waals surface area contributed by atoms with E-state index in [-0.39, 0.29) is 17.5 Å². The average Bonchev–Trinajstić information content (AvgIpc) is 2.34. The first-order valence-electron chi connectivity index (χ1n) is 8.29. The normalized spacial score (nSPS) is 24.3. The highest BCUT2D eigenvalue weighted by Gasteiger charge is 2.40. The molecule has 2 saturated carbocycles. The third-order valence-electron chi connectivity index (χ3n) is 4.24. The fraction of sp³-hybridized carbons (Fsp3) is 0.765. The number of rotatable bonds is 3. The lowest BCUT2D eigenvalue weighted by atomic mass is 9.72. The van der Waals surface area contributed by atoms with Gasteiger partial charge in [-0.3, -0.25) is 9.59 Å². The average molecular weight is 322 g/mol. The molecule has 6 heteroatoms. The summed E-state index contributed by atoms with van der Waals surface area (Å²) in [4.78, 5) is 36.8. The maximum absolute atomic E-state index is 12.5. The number of amides is 1. The SMILES string of the molecule is CN(/N=C1/CCCC(=O)C1C(=O)C1CCC1)C(=O)OC(C)(C)C. The van der Waals surface area contributed by atoms with E-state index in [2.05, 4.69) is 5.10 Å². The topological polar surface area (TPSA) is 76.0 Å². The van der Waals surface area contributed by atoms with Crippen LogP contribution in [0.3, 0.4) is 0 Å². The number of Topliss-reactive ketones (excluding diaryl/α,β-unsaturated/α-hetero) is 2. The van der Waals surface area contributed by atoms with Gasteiger partial charge in [0.15, 0.2) is 5.78 Å². The van der Waals surface area contributed by atoms with Crippen LogP contribution in [0.15, 0.2) is 5.10 Å². The largest absolute Gasteiger partial charge is 0.442 e. The minimum Gasteiger partial charge on any atom is -0.442 e. The number of carbonyl (C=O) groups is 3. The monoisotopic (exact) mass is 322 g/mol. The standard InChI is InChI=1S/C17H26N2O4/c1-17(2,3)23-16(22)19(4)18-12-9-6-10-13(20)14(12)15(21)11-7-5-8-11/h11,14H,5-10H2,1-4H3/b18-12-. The van der Waals surface area contributed by atoms with Gasteiger partial charge in [-0.1, -0.05) is 6.42 Å². The Morgan fingerprint density at radius 3 is 2.35 bits per heavy atom. The van der Waals surface area contributed by atoms with Gasteiger partial charge in [-0.2, -0.15) is 5.10 Å². The van der Waals surface area contributed by atoms with Gasteiger partial charge in [0.05, 0.1) is 5.71 Å². The van der Waals surface area contributed by atoms with Crippen LogP contribution in [-0.2, 0) is 14.3 Å². The molecule has 2 aliphatic carbocycles. The minimum atomic E-state index is -0.765. The minimum absolute atomic E-state index is 0.0147. The molecule has 2 rings (SSSR count). The molecular weight excluding hydrogens is 296 g/mol. The molecule has 23 heavy (non-hydrogen) atoms. The zero-order chi connectivity index (χ0) is 17.2. The highest BCUT2D eigenvalue weighted by atomic mass is 16.6. The van der Waals surface area contributed by atoms with Crippen LogP contribution in [0.1, 0.15) is 59.3 Å². The Labute approximate surface area is 137 Å². The second kappa shape index (κ2) is 6.81. The summed E-state index contributed by atoms with van der Waals surface area (Å²) in [7, 11) is 1.49. The molecule has 0 aromatic carbocycles. The maximum Gasteiger partial charge on any atom is 0.430 e. The summed E-state index contributed by atoms with van der Waals surface area (Å²) in [5.41, 5.74) is -0.110. The maximum atomic E-state index is 12.5. The lowest BCUT2D eigenvalue weighted by molar-refractivity contribution is -0.134. The summed E-state index contributed by atoms with van der Waals surface area (Å²) in [5.74, 6) is -0.861. The molecule has 2 aliphatic rings. The first-order valence-corrected chi connectivity index (χ1v) is 8.29. The van der Waals surface area contributed by atoms with Crippen molar-refractivity contribution >= 4 is 23.4 Å². The number of ketones is 2. The Morgan fingerprint density at radius 2 is 1.83 bits per heavy atom. The highest BCUT2D eigenvalue weighted by Crippen LogP contribution is 2.33. The predicted octanol–water partition coefficient (Wildman–Crippen LogP) is 2.95. The zero-order valence-corrected chi connectivity index (χ0v) is 14.4. The van der Waals surface area contributed by atoms with Gasteiger partial charge in [-0.05, 0) is 46.5 Å². The van der Waals surface area contributed by atoms with Crippen LogP contribution in [0.25, 0.3) is 0 Å². The Morgan fingerprint density at radius 1 is 1.17 bits per heavy atom. The second-order valence-electron chi connectivity index (χ2n) is 7.38. The van der Waals surface area contributed by atoms with Gasteiger partial charge in [0.2, 0.25) is 0 Å². The Bertz CT molecular complexity index is 529. The first kappa shape index (κ1) is 17.6. The van der Waals surface area contributed by atoms with E-state index in [1.165, 1.54) is 7.05 Å². The molecule has 0 bridgehead atoms. The molecule has 0 heterocycles. The van der Waals surface area contributed by atoms with Gasteiger partial charge in [0.25, 0.3) is 0 Å². The van der Waals surface area contributed by atoms with Crippen molar-refractivity contribution in [1.29, 1.82) is 0 Å². The van der Waals surface area contributed by atoms with Crippen molar-refractivity contribution in [2.45, 2.75) is 64.9 Å². The van der Waals surface area contributed by atoms with E-state index in [0.29, 0.717) is 25.0 Å². The molecule has 0 spiro atoms. The van der Waals surface area contributed by atoms with Crippen LogP contribution in [-0.4, -0.2) is 41.0 Å². The lowest BCUT2D eigenvalue weighted by Crippen LogP contribution is -2.42. The van der Waals surface area contributed by atoms with Crippen molar-refractivity contribution in [3.05, 3.63) is 0 Å². The van der Waals surface area contributed by atoms with Gasteiger partial charge < -0.3 is 4.74 Å². The van der Waals surface area contributed by atoms with E-state index in [9.17, 15) is 14.4 Å². The number of hydrogen-bond acceptors (Lipinski definition) is 5. The third-order valence-corrected chi connectivity index (χ3v) is 4.24. The molecular formula is C17H26N2O4. The molecule has 0 radical (unpaired) electrons. The summed E-state index contributed by atoms with van der Waals surface area (Å²) in [6.07, 6.45) is 3.84. The molecule has 0 aromatic heterocycles. The smallest absolute Gasteiger partial charge is 0.430 e. The van der Waals surface area contributed by atoms with Crippen molar-refractivity contribution in [3.63, 3.8) is 0 Å². The number of hydrogen-bond donors (Lipinski definition) is 0. The molecule has 0 aliphatic heterocycles. The molecule has 0 saturated heterocycles. The molecule has 0 N–H and O–H groups in total. The van der Waals surface area contributed by atoms with Crippen molar-refractivity contribution < 1.29 is 19.1 Å². The second-order valence-corrected chi connectivity index (χ2v) is 7.38. The number of nitrogens with zero attached hydrogens (tertiary/aromatic N) is 2. The predicted molar refractivity (Wildman–Crippen MR) is 86.1 cm³/mol. The van der Waals surface area contributed by atoms with E-state index in [1.54, 1.807) is 20.8 Å². The van der Waals surface area contributed by atoms with Crippen LogP contribution in [0.5, 0.6) is 0 Å².